The third-order valence-corrected chi connectivity index (χ3v) is 4.23. The van der Waals surface area contributed by atoms with Gasteiger partial charge in [-0.3, -0.25) is 0 Å². The molecule has 1 rings (SSSR count). The number of benzene rings is 1. The highest BCUT2D eigenvalue weighted by molar-refractivity contribution is 6.30. The molecule has 0 aliphatic carbocycles. The Morgan fingerprint density at radius 3 is 2.32 bits per heavy atom. The highest BCUT2D eigenvalue weighted by Crippen LogP contribution is 2.26. The number of rotatable bonds is 13. The standard InChI is InChI=1S/C19H27ClO5/c1-3-5-11-24-17(14-21)19(18(22)23,25-12-6-4-2)13-15-7-9-16(20)10-8-15/h7-10,14,17H,3-6,11-13H2,1-2H3,(H,22,23). The Balaban J connectivity index is 3.11. The van der Waals surface area contributed by atoms with Gasteiger partial charge in [-0.2, -0.15) is 0 Å². The molecule has 5 nitrogen and oxygen atoms in total. The van der Waals surface area contributed by atoms with E-state index in [0.717, 1.165) is 19.3 Å². The number of aliphatic carboxylic acids is 1. The number of carboxylic acid groups (broad SMARTS) is 1. The number of carboxylic acids is 1. The molecule has 1 aromatic rings. The minimum absolute atomic E-state index is 0.0265. The predicted molar refractivity (Wildman–Crippen MR) is 97.1 cm³/mol. The average molecular weight is 371 g/mol. The van der Waals surface area contributed by atoms with E-state index in [4.69, 9.17) is 21.1 Å². The van der Waals surface area contributed by atoms with Crippen LogP contribution in [0.5, 0.6) is 0 Å². The first-order chi connectivity index (χ1) is 12.0. The van der Waals surface area contributed by atoms with Crippen LogP contribution in [-0.2, 0) is 25.5 Å². The summed E-state index contributed by atoms with van der Waals surface area (Å²) in [6.45, 7) is 4.54. The Hall–Kier alpha value is -1.43. The Labute approximate surface area is 154 Å². The topological polar surface area (TPSA) is 72.8 Å². The van der Waals surface area contributed by atoms with Gasteiger partial charge in [-0.25, -0.2) is 4.79 Å². The molecule has 0 spiro atoms. The molecule has 0 saturated carbocycles. The Kier molecular flexibility index (Phi) is 9.71. The highest BCUT2D eigenvalue weighted by atomic mass is 35.5. The van der Waals surface area contributed by atoms with Crippen molar-refractivity contribution in [3.05, 3.63) is 34.9 Å². The fourth-order valence-corrected chi connectivity index (χ4v) is 2.56. The van der Waals surface area contributed by atoms with Crippen molar-refractivity contribution in [1.29, 1.82) is 0 Å². The maximum atomic E-state index is 12.1. The lowest BCUT2D eigenvalue weighted by Gasteiger charge is -2.34. The molecule has 2 unspecified atom stereocenters. The van der Waals surface area contributed by atoms with Gasteiger partial charge >= 0.3 is 5.97 Å². The van der Waals surface area contributed by atoms with E-state index in [1.54, 1.807) is 24.3 Å². The molecule has 25 heavy (non-hydrogen) atoms. The monoisotopic (exact) mass is 370 g/mol. The van der Waals surface area contributed by atoms with Crippen LogP contribution < -0.4 is 0 Å². The summed E-state index contributed by atoms with van der Waals surface area (Å²) in [4.78, 5) is 23.8. The summed E-state index contributed by atoms with van der Waals surface area (Å²) in [5.74, 6) is -1.20. The van der Waals surface area contributed by atoms with Gasteiger partial charge in [0.2, 0.25) is 5.60 Å². The van der Waals surface area contributed by atoms with Crippen molar-refractivity contribution in [2.75, 3.05) is 13.2 Å². The van der Waals surface area contributed by atoms with Crippen LogP contribution in [0.4, 0.5) is 0 Å². The van der Waals surface area contributed by atoms with Crippen LogP contribution in [0.25, 0.3) is 0 Å². The minimum Gasteiger partial charge on any atom is -0.479 e. The second-order valence-electron chi connectivity index (χ2n) is 5.98. The summed E-state index contributed by atoms with van der Waals surface area (Å²) >= 11 is 5.89. The van der Waals surface area contributed by atoms with E-state index in [1.165, 1.54) is 0 Å². The van der Waals surface area contributed by atoms with Gasteiger partial charge in [0.25, 0.3) is 0 Å². The molecule has 0 bridgehead atoms. The summed E-state index contributed by atoms with van der Waals surface area (Å²) in [5.41, 5.74) is -1.03. The van der Waals surface area contributed by atoms with E-state index in [9.17, 15) is 14.7 Å². The van der Waals surface area contributed by atoms with E-state index in [1.807, 2.05) is 13.8 Å². The summed E-state index contributed by atoms with van der Waals surface area (Å²) in [6, 6.07) is 6.83. The molecule has 0 heterocycles. The van der Waals surface area contributed by atoms with Crippen molar-refractivity contribution in [2.24, 2.45) is 0 Å². The number of hydrogen-bond acceptors (Lipinski definition) is 4. The molecule has 0 fully saturated rings. The zero-order chi connectivity index (χ0) is 18.7. The SMILES string of the molecule is CCCCOC(C=O)C(Cc1ccc(Cl)cc1)(OCCCC)C(=O)O. The van der Waals surface area contributed by atoms with Crippen molar-refractivity contribution < 1.29 is 24.2 Å². The van der Waals surface area contributed by atoms with Crippen LogP contribution in [0.3, 0.4) is 0 Å². The van der Waals surface area contributed by atoms with Crippen molar-refractivity contribution in [1.82, 2.24) is 0 Å². The van der Waals surface area contributed by atoms with E-state index in [2.05, 4.69) is 0 Å². The molecule has 1 aromatic carbocycles. The molecule has 0 saturated heterocycles. The summed E-state index contributed by atoms with van der Waals surface area (Å²) < 4.78 is 11.3. The molecule has 0 aliphatic heterocycles. The zero-order valence-corrected chi connectivity index (χ0v) is 15.6. The second kappa shape index (κ2) is 11.2. The number of ether oxygens (including phenoxy) is 2. The quantitative estimate of drug-likeness (QED) is 0.421. The summed E-state index contributed by atoms with van der Waals surface area (Å²) in [7, 11) is 0. The van der Waals surface area contributed by atoms with Crippen LogP contribution >= 0.6 is 11.6 Å². The predicted octanol–water partition coefficient (Wildman–Crippen LogP) is 3.91. The molecule has 0 aliphatic rings. The molecule has 0 radical (unpaired) electrons. The van der Waals surface area contributed by atoms with Crippen LogP contribution in [0.1, 0.15) is 45.1 Å². The third kappa shape index (κ3) is 6.42. The molecule has 0 aromatic heterocycles. The number of halogens is 1. The average Bonchev–Trinajstić information content (AvgIpc) is 2.60. The van der Waals surface area contributed by atoms with Gasteiger partial charge in [-0.15, -0.1) is 0 Å². The molecule has 0 amide bonds. The molecule has 1 N–H and O–H groups in total. The van der Waals surface area contributed by atoms with Crippen molar-refractivity contribution in [3.63, 3.8) is 0 Å². The third-order valence-electron chi connectivity index (χ3n) is 3.98. The Morgan fingerprint density at radius 2 is 1.80 bits per heavy atom. The van der Waals surface area contributed by atoms with E-state index < -0.39 is 17.7 Å². The largest absolute Gasteiger partial charge is 0.479 e. The van der Waals surface area contributed by atoms with Gasteiger partial charge in [-0.1, -0.05) is 50.4 Å². The van der Waals surface area contributed by atoms with Crippen LogP contribution in [-0.4, -0.2) is 42.3 Å². The fourth-order valence-electron chi connectivity index (χ4n) is 2.44. The van der Waals surface area contributed by atoms with Crippen molar-refractivity contribution >= 4 is 23.9 Å². The van der Waals surface area contributed by atoms with Crippen molar-refractivity contribution in [3.8, 4) is 0 Å². The normalized spacial score (nSPS) is 14.7. The smallest absolute Gasteiger partial charge is 0.339 e. The number of carbonyl (C=O) groups is 2. The van der Waals surface area contributed by atoms with E-state index in [-0.39, 0.29) is 13.0 Å². The summed E-state index contributed by atoms with van der Waals surface area (Å²) in [6.07, 6.45) is 2.58. The fraction of sp³-hybridized carbons (Fsp3) is 0.579. The van der Waals surface area contributed by atoms with Gasteiger partial charge in [0.15, 0.2) is 12.4 Å². The van der Waals surface area contributed by atoms with Gasteiger partial charge in [0.1, 0.15) is 0 Å². The van der Waals surface area contributed by atoms with Crippen LogP contribution in [0.2, 0.25) is 5.02 Å². The Bertz CT molecular complexity index is 531. The Morgan fingerprint density at radius 1 is 1.20 bits per heavy atom. The lowest BCUT2D eigenvalue weighted by molar-refractivity contribution is -0.189. The maximum absolute atomic E-state index is 12.1. The number of aldehydes is 1. The maximum Gasteiger partial charge on any atom is 0.339 e. The number of unbranched alkanes of at least 4 members (excludes halogenated alkanes) is 2. The molecule has 140 valence electrons. The molecular weight excluding hydrogens is 344 g/mol. The zero-order valence-electron chi connectivity index (χ0n) is 14.9. The van der Waals surface area contributed by atoms with E-state index in [0.29, 0.717) is 29.9 Å². The first kappa shape index (κ1) is 21.6. The lowest BCUT2D eigenvalue weighted by Crippen LogP contribution is -2.55. The first-order valence-corrected chi connectivity index (χ1v) is 9.06. The second-order valence-corrected chi connectivity index (χ2v) is 6.42. The van der Waals surface area contributed by atoms with Crippen molar-refractivity contribution in [2.45, 2.75) is 57.7 Å². The van der Waals surface area contributed by atoms with Crippen LogP contribution in [0, 0.1) is 0 Å². The lowest BCUT2D eigenvalue weighted by atomic mass is 9.88. The van der Waals surface area contributed by atoms with Gasteiger partial charge in [-0.05, 0) is 30.5 Å². The first-order valence-electron chi connectivity index (χ1n) is 8.68. The molecular formula is C19H27ClO5. The van der Waals surface area contributed by atoms with Gasteiger partial charge in [0.05, 0.1) is 0 Å². The van der Waals surface area contributed by atoms with E-state index >= 15 is 0 Å². The number of hydrogen-bond donors (Lipinski definition) is 1. The molecule has 6 heteroatoms. The minimum atomic E-state index is -1.75. The summed E-state index contributed by atoms with van der Waals surface area (Å²) in [5, 5.41) is 10.5. The molecule has 2 atom stereocenters. The van der Waals surface area contributed by atoms with Gasteiger partial charge < -0.3 is 19.4 Å². The number of carbonyl (C=O) groups excluding carboxylic acids is 1. The highest BCUT2D eigenvalue weighted by Gasteiger charge is 2.48. The van der Waals surface area contributed by atoms with Crippen LogP contribution in [0.15, 0.2) is 24.3 Å². The van der Waals surface area contributed by atoms with Gasteiger partial charge in [0, 0.05) is 24.7 Å².